The van der Waals surface area contributed by atoms with Gasteiger partial charge in [0, 0.05) is 27.8 Å². The maximum Gasteiger partial charge on any atom is 0.255 e. The smallest absolute Gasteiger partial charge is 0.255 e. The molecule has 0 bridgehead atoms. The second-order valence-electron chi connectivity index (χ2n) is 4.20. The van der Waals surface area contributed by atoms with Crippen LogP contribution in [-0.4, -0.2) is 9.97 Å². The molecule has 0 unspecified atom stereocenters. The molecule has 19 heavy (non-hydrogen) atoms. The van der Waals surface area contributed by atoms with E-state index < -0.39 is 0 Å². The summed E-state index contributed by atoms with van der Waals surface area (Å²) < 4.78 is 0. The summed E-state index contributed by atoms with van der Waals surface area (Å²) in [5.41, 5.74) is 2.94. The number of halogens is 1. The number of fused-ring (bicyclic) bond motifs is 1. The summed E-state index contributed by atoms with van der Waals surface area (Å²) in [7, 11) is 0. The molecule has 2 heterocycles. The van der Waals surface area contributed by atoms with Crippen LogP contribution in [0.4, 0.5) is 0 Å². The van der Waals surface area contributed by atoms with Crippen LogP contribution in [0.25, 0.3) is 0 Å². The van der Waals surface area contributed by atoms with E-state index in [-0.39, 0.29) is 5.56 Å². The lowest BCUT2D eigenvalue weighted by Gasteiger charge is -2.03. The van der Waals surface area contributed by atoms with E-state index in [1.54, 1.807) is 23.5 Å². The molecule has 2 aromatic rings. The number of rotatable bonds is 3. The summed E-state index contributed by atoms with van der Waals surface area (Å²) in [6.45, 7) is 0. The SMILES string of the molecule is O=c1[nH]c(SCc2ccc(Cl)cc2)nc2c1CSC2. The zero-order valence-corrected chi connectivity index (χ0v) is 12.4. The molecule has 6 heteroatoms. The lowest BCUT2D eigenvalue weighted by atomic mass is 10.2. The third-order valence-corrected chi connectivity index (χ3v) is 5.02. The van der Waals surface area contributed by atoms with Gasteiger partial charge in [0.05, 0.1) is 5.69 Å². The fourth-order valence-corrected chi connectivity index (χ4v) is 3.84. The molecule has 0 radical (unpaired) electrons. The number of aromatic nitrogens is 2. The number of H-pyrrole nitrogens is 1. The van der Waals surface area contributed by atoms with Crippen LogP contribution in [0.1, 0.15) is 16.8 Å². The highest BCUT2D eigenvalue weighted by Gasteiger charge is 2.17. The Hall–Kier alpha value is -0.910. The Morgan fingerprint density at radius 3 is 2.89 bits per heavy atom. The van der Waals surface area contributed by atoms with Gasteiger partial charge in [-0.25, -0.2) is 4.98 Å². The van der Waals surface area contributed by atoms with Gasteiger partial charge in [0.1, 0.15) is 0 Å². The van der Waals surface area contributed by atoms with E-state index in [1.807, 2.05) is 24.3 Å². The van der Waals surface area contributed by atoms with Gasteiger partial charge < -0.3 is 4.98 Å². The third kappa shape index (κ3) is 2.99. The van der Waals surface area contributed by atoms with Crippen LogP contribution in [-0.2, 0) is 17.3 Å². The van der Waals surface area contributed by atoms with E-state index in [4.69, 9.17) is 11.6 Å². The van der Waals surface area contributed by atoms with Crippen molar-refractivity contribution in [2.45, 2.75) is 22.4 Å². The molecule has 3 nitrogen and oxygen atoms in total. The molecule has 98 valence electrons. The van der Waals surface area contributed by atoms with Crippen molar-refractivity contribution in [1.82, 2.24) is 9.97 Å². The van der Waals surface area contributed by atoms with Gasteiger partial charge in [0.2, 0.25) is 0 Å². The van der Waals surface area contributed by atoms with Gasteiger partial charge in [-0.05, 0) is 17.7 Å². The molecule has 0 saturated carbocycles. The minimum atomic E-state index is 0.00797. The zero-order chi connectivity index (χ0) is 13.2. The van der Waals surface area contributed by atoms with Crippen molar-refractivity contribution < 1.29 is 0 Å². The average molecular weight is 311 g/mol. The van der Waals surface area contributed by atoms with Gasteiger partial charge in [-0.1, -0.05) is 35.5 Å². The number of aromatic amines is 1. The first-order valence-corrected chi connectivity index (χ1v) is 8.31. The second-order valence-corrected chi connectivity index (χ2v) is 6.59. The number of hydrogen-bond acceptors (Lipinski definition) is 4. The number of nitrogens with one attached hydrogen (secondary N) is 1. The molecule has 0 aliphatic carbocycles. The largest absolute Gasteiger partial charge is 0.301 e. The summed E-state index contributed by atoms with van der Waals surface area (Å²) in [6.07, 6.45) is 0. The van der Waals surface area contributed by atoms with Crippen LogP contribution < -0.4 is 5.56 Å². The van der Waals surface area contributed by atoms with Crippen LogP contribution in [0.5, 0.6) is 0 Å². The molecule has 0 spiro atoms. The molecule has 0 amide bonds. The summed E-state index contributed by atoms with van der Waals surface area (Å²) in [4.78, 5) is 19.2. The van der Waals surface area contributed by atoms with Crippen molar-refractivity contribution in [1.29, 1.82) is 0 Å². The van der Waals surface area contributed by atoms with Crippen molar-refractivity contribution in [3.63, 3.8) is 0 Å². The predicted octanol–water partition coefficient (Wildman–Crippen LogP) is 3.46. The maximum absolute atomic E-state index is 11.8. The Kier molecular flexibility index (Phi) is 3.86. The lowest BCUT2D eigenvalue weighted by Crippen LogP contribution is -2.14. The molecule has 0 atom stereocenters. The highest BCUT2D eigenvalue weighted by atomic mass is 35.5. The van der Waals surface area contributed by atoms with E-state index in [1.165, 1.54) is 0 Å². The maximum atomic E-state index is 11.8. The first-order valence-electron chi connectivity index (χ1n) is 5.79. The molecule has 0 fully saturated rings. The number of hydrogen-bond donors (Lipinski definition) is 1. The molecular formula is C13H11ClN2OS2. The van der Waals surface area contributed by atoms with Crippen molar-refractivity contribution in [2.24, 2.45) is 0 Å². The molecule has 0 saturated heterocycles. The second kappa shape index (κ2) is 5.61. The standard InChI is InChI=1S/C13H11ClN2OS2/c14-9-3-1-8(2-4-9)5-19-13-15-11-7-18-6-10(11)12(17)16-13/h1-4H,5-7H2,(H,15,16,17). The topological polar surface area (TPSA) is 45.8 Å². The van der Waals surface area contributed by atoms with E-state index in [2.05, 4.69) is 9.97 Å². The fraction of sp³-hybridized carbons (Fsp3) is 0.231. The van der Waals surface area contributed by atoms with Gasteiger partial charge >= 0.3 is 0 Å². The van der Waals surface area contributed by atoms with Crippen LogP contribution in [0.15, 0.2) is 34.2 Å². The summed E-state index contributed by atoms with van der Waals surface area (Å²) in [6, 6.07) is 7.70. The summed E-state index contributed by atoms with van der Waals surface area (Å²) in [5.74, 6) is 2.39. The molecule has 1 N–H and O–H groups in total. The van der Waals surface area contributed by atoms with E-state index in [0.29, 0.717) is 5.16 Å². The summed E-state index contributed by atoms with van der Waals surface area (Å²) in [5, 5.41) is 1.43. The Labute approximate surface area is 124 Å². The molecule has 3 rings (SSSR count). The van der Waals surface area contributed by atoms with E-state index >= 15 is 0 Å². The van der Waals surface area contributed by atoms with Gasteiger partial charge in [0.25, 0.3) is 5.56 Å². The Bertz CT molecular complexity index is 655. The number of nitrogens with zero attached hydrogens (tertiary/aromatic N) is 1. The highest BCUT2D eigenvalue weighted by Crippen LogP contribution is 2.27. The van der Waals surface area contributed by atoms with Crippen molar-refractivity contribution >= 4 is 35.1 Å². The van der Waals surface area contributed by atoms with Crippen molar-refractivity contribution in [3.8, 4) is 0 Å². The van der Waals surface area contributed by atoms with Gasteiger partial charge in [-0.2, -0.15) is 11.8 Å². The van der Waals surface area contributed by atoms with Crippen LogP contribution in [0.3, 0.4) is 0 Å². The Morgan fingerprint density at radius 2 is 2.11 bits per heavy atom. The molecule has 1 aromatic carbocycles. The van der Waals surface area contributed by atoms with Crippen LogP contribution in [0.2, 0.25) is 5.02 Å². The van der Waals surface area contributed by atoms with Gasteiger partial charge in [-0.15, -0.1) is 0 Å². The lowest BCUT2D eigenvalue weighted by molar-refractivity contribution is 0.884. The minimum Gasteiger partial charge on any atom is -0.301 e. The van der Waals surface area contributed by atoms with E-state index in [9.17, 15) is 4.79 Å². The monoisotopic (exact) mass is 310 g/mol. The molecule has 1 aliphatic rings. The quantitative estimate of drug-likeness (QED) is 0.696. The first kappa shape index (κ1) is 13.1. The fourth-order valence-electron chi connectivity index (χ4n) is 1.84. The van der Waals surface area contributed by atoms with Crippen molar-refractivity contribution in [3.05, 3.63) is 56.5 Å². The number of benzene rings is 1. The Balaban J connectivity index is 1.75. The predicted molar refractivity (Wildman–Crippen MR) is 80.9 cm³/mol. The Morgan fingerprint density at radius 1 is 1.32 bits per heavy atom. The van der Waals surface area contributed by atoms with Crippen LogP contribution in [0, 0.1) is 0 Å². The average Bonchev–Trinajstić information content (AvgIpc) is 2.87. The molecular weight excluding hydrogens is 300 g/mol. The molecule has 1 aromatic heterocycles. The zero-order valence-electron chi connectivity index (χ0n) is 9.98. The highest BCUT2D eigenvalue weighted by molar-refractivity contribution is 7.98. The number of thioether (sulfide) groups is 2. The van der Waals surface area contributed by atoms with Crippen molar-refractivity contribution in [2.75, 3.05) is 0 Å². The first-order chi connectivity index (χ1) is 9.22. The summed E-state index contributed by atoms with van der Waals surface area (Å²) >= 11 is 9.12. The van der Waals surface area contributed by atoms with Crippen LogP contribution >= 0.6 is 35.1 Å². The third-order valence-electron chi connectivity index (χ3n) is 2.85. The van der Waals surface area contributed by atoms with Gasteiger partial charge in [0.15, 0.2) is 5.16 Å². The molecule has 1 aliphatic heterocycles. The van der Waals surface area contributed by atoms with E-state index in [0.717, 1.165) is 39.1 Å². The van der Waals surface area contributed by atoms with Gasteiger partial charge in [-0.3, -0.25) is 4.79 Å². The normalized spacial score (nSPS) is 13.5. The minimum absolute atomic E-state index is 0.00797.